The van der Waals surface area contributed by atoms with E-state index < -0.39 is 93.9 Å². The maximum Gasteiger partial charge on any atom is 0.412 e. The Morgan fingerprint density at radius 1 is 0.719 bits per heavy atom. The van der Waals surface area contributed by atoms with Crippen molar-refractivity contribution in [2.24, 2.45) is 45.6 Å². The van der Waals surface area contributed by atoms with Crippen molar-refractivity contribution in [1.82, 2.24) is 14.8 Å². The van der Waals surface area contributed by atoms with Gasteiger partial charge in [0, 0.05) is 18.0 Å². The zero-order chi connectivity index (χ0) is 46.0. The summed E-state index contributed by atoms with van der Waals surface area (Å²) >= 11 is 1.51. The summed E-state index contributed by atoms with van der Waals surface area (Å²) in [5.41, 5.74) is 21.8. The number of nitrogens with zero attached hydrogens (tertiary/aromatic N) is 4. The highest BCUT2D eigenvalue weighted by molar-refractivity contribution is 7.15. The van der Waals surface area contributed by atoms with E-state index in [0.717, 1.165) is 36.3 Å². The van der Waals surface area contributed by atoms with Crippen LogP contribution in [0, 0.1) is 33.5 Å². The number of anilines is 1. The van der Waals surface area contributed by atoms with Crippen molar-refractivity contribution >= 4 is 63.8 Å². The Labute approximate surface area is 374 Å². The predicted molar refractivity (Wildman–Crippen MR) is 235 cm³/mol. The molecular formula is C45H56N10O8S. The topological polar surface area (TPSA) is 295 Å². The normalized spacial score (nSPS) is 32.6. The highest BCUT2D eigenvalue weighted by atomic mass is 32.1. The Bertz CT molecular complexity index is 2310. The molecule has 340 valence electrons. The van der Waals surface area contributed by atoms with Gasteiger partial charge >= 0.3 is 24.1 Å². The number of allylic oxidation sites excluding steroid dienone is 4. The summed E-state index contributed by atoms with van der Waals surface area (Å²) in [5, 5.41) is 19.8. The Morgan fingerprint density at radius 3 is 1.53 bits per heavy atom. The van der Waals surface area contributed by atoms with Crippen LogP contribution in [0.5, 0.6) is 0 Å². The molecule has 8 atom stereocenters. The van der Waals surface area contributed by atoms with Crippen molar-refractivity contribution in [3.05, 3.63) is 57.2 Å². The fraction of sp³-hybridized carbons (Fsp3) is 0.578. The molecule has 18 nitrogen and oxygen atoms in total. The minimum atomic E-state index is -1.56. The summed E-state index contributed by atoms with van der Waals surface area (Å²) in [4.78, 5) is 95.2. The molecule has 0 aromatic carbocycles. The number of amides is 4. The van der Waals surface area contributed by atoms with Crippen molar-refractivity contribution in [2.45, 2.75) is 127 Å². The molecule has 5 unspecified atom stereocenters. The number of likely N-dealkylation sites (tertiary alicyclic amines) is 2. The fourth-order valence-electron chi connectivity index (χ4n) is 14.1. The van der Waals surface area contributed by atoms with E-state index in [4.69, 9.17) is 37.4 Å². The van der Waals surface area contributed by atoms with Gasteiger partial charge in [-0.15, -0.1) is 11.3 Å². The molecule has 7 aliphatic carbocycles. The summed E-state index contributed by atoms with van der Waals surface area (Å²) in [6.07, 6.45) is 9.73. The number of nitrogens with one attached hydrogen (secondary N) is 2. The Balaban J connectivity index is 1.37. The van der Waals surface area contributed by atoms with Crippen LogP contribution >= 0.6 is 11.3 Å². The van der Waals surface area contributed by atoms with E-state index in [1.54, 1.807) is 12.2 Å². The van der Waals surface area contributed by atoms with Gasteiger partial charge in [-0.05, 0) is 110 Å². The molecule has 0 radical (unpaired) electrons. The van der Waals surface area contributed by atoms with Gasteiger partial charge < -0.3 is 48.1 Å². The van der Waals surface area contributed by atoms with Crippen molar-refractivity contribution in [3.8, 4) is 0 Å². The van der Waals surface area contributed by atoms with Gasteiger partial charge in [-0.1, -0.05) is 39.8 Å². The van der Waals surface area contributed by atoms with E-state index in [0.29, 0.717) is 40.3 Å². The maximum absolute atomic E-state index is 14.8. The molecule has 0 saturated carbocycles. The van der Waals surface area contributed by atoms with Crippen LogP contribution in [0.25, 0.3) is 0 Å². The first-order valence-corrected chi connectivity index (χ1v) is 23.1. The average molecular weight is 897 g/mol. The van der Waals surface area contributed by atoms with Crippen LogP contribution in [-0.2, 0) is 41.5 Å². The van der Waals surface area contributed by atoms with Crippen LogP contribution in [0.2, 0.25) is 0 Å². The summed E-state index contributed by atoms with van der Waals surface area (Å²) < 4.78 is 10.3. The van der Waals surface area contributed by atoms with Crippen molar-refractivity contribution in [2.75, 3.05) is 18.0 Å². The van der Waals surface area contributed by atoms with Gasteiger partial charge in [0.1, 0.15) is 12.1 Å². The van der Waals surface area contributed by atoms with E-state index in [9.17, 15) is 39.6 Å². The monoisotopic (exact) mass is 896 g/mol. The van der Waals surface area contributed by atoms with E-state index >= 15 is 0 Å². The number of rotatable bonds is 11. The number of carbonyl (C=O) groups excluding carboxylic acids is 6. The molecule has 10 N–H and O–H groups in total. The van der Waals surface area contributed by atoms with E-state index in [1.807, 2.05) is 49.6 Å². The molecule has 3 saturated heterocycles. The van der Waals surface area contributed by atoms with Crippen LogP contribution in [0.1, 0.15) is 89.6 Å². The summed E-state index contributed by atoms with van der Waals surface area (Å²) in [7, 11) is 0. The second kappa shape index (κ2) is 15.0. The Morgan fingerprint density at radius 2 is 1.16 bits per heavy atom. The average Bonchev–Trinajstić information content (AvgIpc) is 4.00. The van der Waals surface area contributed by atoms with Crippen molar-refractivity contribution in [1.29, 1.82) is 10.8 Å². The number of hydrogen-bond acceptors (Lipinski definition) is 15. The molecule has 1 aromatic rings. The number of ether oxygens (including phenoxy) is 2. The van der Waals surface area contributed by atoms with Crippen LogP contribution in [0.4, 0.5) is 14.7 Å². The molecule has 4 heterocycles. The smallest absolute Gasteiger partial charge is 0.375 e. The summed E-state index contributed by atoms with van der Waals surface area (Å²) in [6, 6.07) is -3.95. The fourth-order valence-corrected chi connectivity index (χ4v) is 15.4. The number of carbonyl (C=O) groups is 6. The number of aryl methyl sites for hydroxylation is 2. The van der Waals surface area contributed by atoms with Crippen LogP contribution in [-0.4, -0.2) is 110 Å². The van der Waals surface area contributed by atoms with E-state index in [-0.39, 0.29) is 50.2 Å². The number of aromatic nitrogens is 1. The molecular weight excluding hydrogens is 841 g/mol. The van der Waals surface area contributed by atoms with Crippen LogP contribution in [0.15, 0.2) is 46.6 Å². The van der Waals surface area contributed by atoms with Gasteiger partial charge in [0.05, 0.1) is 51.1 Å². The molecule has 64 heavy (non-hydrogen) atoms. The number of fused-ring (bicyclic) bond motifs is 5. The first-order chi connectivity index (χ1) is 30.3. The SMILES string of the molecule is CC(C)C(C(=O)OC(N)=O)N1CCC2(C(N)=O)C3=CC(=N)C(=CC3)[C@]12C1CC[C@H]([C@]23C4=CCC(=CC4=N)C2(C(N)=O)CCN3C(C(=O)OC(N)=O)C(C)C)N1c1nc2c(s1)CCCC2. The second-order valence-electron chi connectivity index (χ2n) is 19.2. The second-order valence-corrected chi connectivity index (χ2v) is 20.3. The molecule has 3 aliphatic heterocycles. The van der Waals surface area contributed by atoms with E-state index in [1.165, 1.54) is 11.3 Å². The summed E-state index contributed by atoms with van der Waals surface area (Å²) in [5.74, 6) is -4.11. The zero-order valence-corrected chi connectivity index (χ0v) is 37.3. The summed E-state index contributed by atoms with van der Waals surface area (Å²) in [6.45, 7) is 7.54. The lowest BCUT2D eigenvalue weighted by atomic mass is 9.50. The molecule has 1 aromatic heterocycles. The van der Waals surface area contributed by atoms with Crippen LogP contribution < -0.4 is 27.8 Å². The lowest BCUT2D eigenvalue weighted by molar-refractivity contribution is -0.150. The van der Waals surface area contributed by atoms with Gasteiger partial charge in [-0.25, -0.2) is 24.2 Å². The van der Waals surface area contributed by atoms with Gasteiger partial charge in [-0.2, -0.15) is 0 Å². The van der Waals surface area contributed by atoms with E-state index in [2.05, 4.69) is 4.90 Å². The number of esters is 2. The lowest BCUT2D eigenvalue weighted by Gasteiger charge is -2.63. The zero-order valence-electron chi connectivity index (χ0n) is 36.5. The van der Waals surface area contributed by atoms with Gasteiger partial charge in [0.2, 0.25) is 11.8 Å². The maximum atomic E-state index is 14.8. The molecule has 4 amide bonds. The van der Waals surface area contributed by atoms with Crippen LogP contribution in [0.3, 0.4) is 0 Å². The minimum absolute atomic E-state index is 0.143. The van der Waals surface area contributed by atoms with Crippen molar-refractivity contribution in [3.63, 3.8) is 0 Å². The highest BCUT2D eigenvalue weighted by Crippen LogP contribution is 2.69. The number of thiazole rings is 1. The quantitative estimate of drug-likeness (QED) is 0.138. The number of primary amides is 4. The van der Waals surface area contributed by atoms with Gasteiger partial charge in [0.15, 0.2) is 5.13 Å². The standard InChI is InChI=1S/C45H56N10O8S/c1-21(2)33(35(56)62-39(50)60)53-17-15-42(37(48)58)23-9-11-25(27(46)19-23)44(42,53)31-13-14-32(55(31)41-52-29-7-5-6-8-30(29)64-41)45-26-12-10-24(20-28(26)47)43(45,38(49)59)16-18-54(45)34(22(3)4)36(57)63-40(51)61/h11-12,19-22,31-34,46-47H,5-10,13-18H2,1-4H3,(H2,48,58)(H2,49,59)(H2,50,60)(H2,51,61)/t31-,32?,33?,34?,42?,43?,44-,45-/m1/s1. The molecule has 10 aliphatic rings. The first-order valence-electron chi connectivity index (χ1n) is 22.3. The van der Waals surface area contributed by atoms with Gasteiger partial charge in [0.25, 0.3) is 0 Å². The highest BCUT2D eigenvalue weighted by Gasteiger charge is 2.79. The molecule has 4 bridgehead atoms. The third kappa shape index (κ3) is 5.46. The number of nitrogens with two attached hydrogens (primary N) is 4. The number of hydrogen-bond donors (Lipinski definition) is 6. The predicted octanol–water partition coefficient (Wildman–Crippen LogP) is 3.06. The Hall–Kier alpha value is -5.53. The first kappa shape index (κ1) is 43.7. The Kier molecular flexibility index (Phi) is 10.3. The molecule has 0 spiro atoms. The third-order valence-corrected chi connectivity index (χ3v) is 17.1. The molecule has 11 rings (SSSR count). The third-order valence-electron chi connectivity index (χ3n) is 15.9. The lowest BCUT2D eigenvalue weighted by Crippen LogP contribution is -2.78. The largest absolute Gasteiger partial charge is 0.412 e. The molecule has 19 heteroatoms. The van der Waals surface area contributed by atoms with Crippen molar-refractivity contribution < 1.29 is 38.2 Å². The minimum Gasteiger partial charge on any atom is -0.375 e. The van der Waals surface area contributed by atoms with Gasteiger partial charge in [-0.3, -0.25) is 19.4 Å². The molecule has 3 fully saturated rings.